The number of carbonyl (C=O) groups excluding carboxylic acids is 1. The van der Waals surface area contributed by atoms with Crippen LogP contribution in [0.3, 0.4) is 0 Å². The number of carbonyl (C=O) groups is 1. The number of hydrogen-bond acceptors (Lipinski definition) is 5. The van der Waals surface area contributed by atoms with Crippen LogP contribution >= 0.6 is 11.8 Å². The summed E-state index contributed by atoms with van der Waals surface area (Å²) in [5.74, 6) is 0.499. The van der Waals surface area contributed by atoms with E-state index in [1.807, 2.05) is 52.8 Å². The summed E-state index contributed by atoms with van der Waals surface area (Å²) in [6.07, 6.45) is 2.46. The Morgan fingerprint density at radius 1 is 1.17 bits per heavy atom. The van der Waals surface area contributed by atoms with Crippen molar-refractivity contribution in [3.63, 3.8) is 0 Å². The smallest absolute Gasteiger partial charge is 0.262 e. The zero-order valence-electron chi connectivity index (χ0n) is 17.4. The number of nitrogens with one attached hydrogen (secondary N) is 1. The molecule has 7 nitrogen and oxygen atoms in total. The average Bonchev–Trinajstić information content (AvgIpc) is 3.16. The molecule has 0 bridgehead atoms. The van der Waals surface area contributed by atoms with Gasteiger partial charge in [-0.25, -0.2) is 9.67 Å². The highest BCUT2D eigenvalue weighted by Crippen LogP contribution is 2.26. The van der Waals surface area contributed by atoms with Gasteiger partial charge in [0.2, 0.25) is 5.91 Å². The zero-order chi connectivity index (χ0) is 21.1. The Kier molecular flexibility index (Phi) is 6.42. The van der Waals surface area contributed by atoms with Crippen molar-refractivity contribution in [1.82, 2.24) is 19.3 Å². The first kappa shape index (κ1) is 21.1. The first-order valence-corrected chi connectivity index (χ1v) is 10.7. The van der Waals surface area contributed by atoms with Gasteiger partial charge in [0.05, 0.1) is 22.3 Å². The van der Waals surface area contributed by atoms with Gasteiger partial charge in [0.15, 0.2) is 5.16 Å². The van der Waals surface area contributed by atoms with Crippen molar-refractivity contribution in [3.05, 3.63) is 46.9 Å². The number of para-hydroxylation sites is 1. The lowest BCUT2D eigenvalue weighted by Crippen LogP contribution is -2.29. The standard InChI is InChI=1S/C21H27N5O2S/c1-6-14(4)25-20(28)16-9-7-8-10-17(16)23-21(25)29-15(5)19(27)24-18-11-12-22-26(18)13(2)3/h7-15H,6H2,1-5H3,(H,24,27)/t14-,15+/m1/s1. The molecule has 3 rings (SSSR count). The molecule has 29 heavy (non-hydrogen) atoms. The predicted octanol–water partition coefficient (Wildman–Crippen LogP) is 4.26. The molecule has 0 aliphatic rings. The van der Waals surface area contributed by atoms with E-state index in [2.05, 4.69) is 10.4 Å². The van der Waals surface area contributed by atoms with Gasteiger partial charge < -0.3 is 5.32 Å². The minimum Gasteiger partial charge on any atom is -0.310 e. The fourth-order valence-electron chi connectivity index (χ4n) is 3.04. The number of anilines is 1. The van der Waals surface area contributed by atoms with Crippen molar-refractivity contribution < 1.29 is 4.79 Å². The minimum atomic E-state index is -0.436. The summed E-state index contributed by atoms with van der Waals surface area (Å²) >= 11 is 1.30. The monoisotopic (exact) mass is 413 g/mol. The summed E-state index contributed by atoms with van der Waals surface area (Å²) in [4.78, 5) is 30.6. The van der Waals surface area contributed by atoms with E-state index in [0.29, 0.717) is 21.9 Å². The molecule has 3 aromatic rings. The summed E-state index contributed by atoms with van der Waals surface area (Å²) in [5.41, 5.74) is 0.572. The average molecular weight is 414 g/mol. The molecule has 8 heteroatoms. The van der Waals surface area contributed by atoms with Crippen molar-refractivity contribution >= 4 is 34.4 Å². The van der Waals surface area contributed by atoms with Crippen LogP contribution in [-0.2, 0) is 4.79 Å². The van der Waals surface area contributed by atoms with Crippen LogP contribution in [0, 0.1) is 0 Å². The second kappa shape index (κ2) is 8.82. The lowest BCUT2D eigenvalue weighted by atomic mass is 10.2. The van der Waals surface area contributed by atoms with Gasteiger partial charge in [-0.2, -0.15) is 5.10 Å². The predicted molar refractivity (Wildman–Crippen MR) is 118 cm³/mol. The van der Waals surface area contributed by atoms with Crippen LogP contribution in [-0.4, -0.2) is 30.5 Å². The number of nitrogens with zero attached hydrogens (tertiary/aromatic N) is 4. The Hall–Kier alpha value is -2.61. The van der Waals surface area contributed by atoms with E-state index in [4.69, 9.17) is 4.98 Å². The Bertz CT molecular complexity index is 1070. The van der Waals surface area contributed by atoms with Crippen molar-refractivity contribution in [2.24, 2.45) is 0 Å². The minimum absolute atomic E-state index is 0.0141. The van der Waals surface area contributed by atoms with Gasteiger partial charge in [0.25, 0.3) is 5.56 Å². The molecule has 0 aliphatic heterocycles. The van der Waals surface area contributed by atoms with E-state index in [1.165, 1.54) is 11.8 Å². The maximum absolute atomic E-state index is 13.1. The van der Waals surface area contributed by atoms with Crippen molar-refractivity contribution in [1.29, 1.82) is 0 Å². The van der Waals surface area contributed by atoms with Crippen LogP contribution in [0.1, 0.15) is 53.1 Å². The third kappa shape index (κ3) is 4.37. The number of aromatic nitrogens is 4. The quantitative estimate of drug-likeness (QED) is 0.462. The van der Waals surface area contributed by atoms with Crippen LogP contribution < -0.4 is 10.9 Å². The highest BCUT2D eigenvalue weighted by molar-refractivity contribution is 8.00. The largest absolute Gasteiger partial charge is 0.310 e. The number of thioether (sulfide) groups is 1. The van der Waals surface area contributed by atoms with Gasteiger partial charge in [-0.15, -0.1) is 0 Å². The summed E-state index contributed by atoms with van der Waals surface area (Å²) in [5, 5.41) is 7.89. The zero-order valence-corrected chi connectivity index (χ0v) is 18.2. The van der Waals surface area contributed by atoms with Crippen LogP contribution in [0.2, 0.25) is 0 Å². The van der Waals surface area contributed by atoms with Crippen molar-refractivity contribution in [2.45, 2.75) is 63.5 Å². The van der Waals surface area contributed by atoms with E-state index >= 15 is 0 Å². The highest BCUT2D eigenvalue weighted by Gasteiger charge is 2.22. The molecule has 1 N–H and O–H groups in total. The van der Waals surface area contributed by atoms with E-state index in [1.54, 1.807) is 27.6 Å². The molecule has 0 saturated carbocycles. The molecule has 2 atom stereocenters. The molecular weight excluding hydrogens is 386 g/mol. The molecule has 0 spiro atoms. The third-order valence-electron chi connectivity index (χ3n) is 4.87. The molecule has 0 unspecified atom stereocenters. The molecule has 2 heterocycles. The highest BCUT2D eigenvalue weighted by atomic mass is 32.2. The Balaban J connectivity index is 1.91. The normalized spacial score (nSPS) is 13.6. The fourth-order valence-corrected chi connectivity index (χ4v) is 4.05. The van der Waals surface area contributed by atoms with Gasteiger partial charge in [0.1, 0.15) is 5.82 Å². The second-order valence-corrected chi connectivity index (χ2v) is 8.66. The van der Waals surface area contributed by atoms with Crippen molar-refractivity contribution in [3.8, 4) is 0 Å². The molecule has 0 aliphatic carbocycles. The van der Waals surface area contributed by atoms with Gasteiger partial charge in [0, 0.05) is 18.2 Å². The molecule has 154 valence electrons. The van der Waals surface area contributed by atoms with Crippen LogP contribution in [0.4, 0.5) is 5.82 Å². The maximum Gasteiger partial charge on any atom is 0.262 e. The van der Waals surface area contributed by atoms with Gasteiger partial charge >= 0.3 is 0 Å². The lowest BCUT2D eigenvalue weighted by molar-refractivity contribution is -0.115. The van der Waals surface area contributed by atoms with Crippen LogP contribution in [0.25, 0.3) is 10.9 Å². The Morgan fingerprint density at radius 2 is 1.90 bits per heavy atom. The molecule has 2 aromatic heterocycles. The summed E-state index contributed by atoms with van der Waals surface area (Å²) < 4.78 is 3.47. The van der Waals surface area contributed by atoms with E-state index in [-0.39, 0.29) is 23.6 Å². The SMILES string of the molecule is CC[C@@H](C)n1c(S[C@@H](C)C(=O)Nc2ccnn2C(C)C)nc2ccccc2c1=O. The molecule has 0 fully saturated rings. The Labute approximate surface area is 174 Å². The summed E-state index contributed by atoms with van der Waals surface area (Å²) in [7, 11) is 0. The maximum atomic E-state index is 13.1. The molecular formula is C21H27N5O2S. The topological polar surface area (TPSA) is 81.8 Å². The second-order valence-electron chi connectivity index (χ2n) is 7.35. The molecule has 1 aromatic carbocycles. The first-order chi connectivity index (χ1) is 13.8. The van der Waals surface area contributed by atoms with Gasteiger partial charge in [-0.1, -0.05) is 30.8 Å². The Morgan fingerprint density at radius 3 is 2.59 bits per heavy atom. The summed E-state index contributed by atoms with van der Waals surface area (Å²) in [6, 6.07) is 9.22. The van der Waals surface area contributed by atoms with Crippen LogP contribution in [0.15, 0.2) is 46.5 Å². The molecule has 0 saturated heterocycles. The fraction of sp³-hybridized carbons (Fsp3) is 0.429. The van der Waals surface area contributed by atoms with E-state index in [9.17, 15) is 9.59 Å². The molecule has 0 radical (unpaired) electrons. The third-order valence-corrected chi connectivity index (χ3v) is 5.94. The molecule has 1 amide bonds. The number of benzene rings is 1. The van der Waals surface area contributed by atoms with Crippen molar-refractivity contribution in [2.75, 3.05) is 5.32 Å². The number of fused-ring (bicyclic) bond motifs is 1. The van der Waals surface area contributed by atoms with Crippen LogP contribution in [0.5, 0.6) is 0 Å². The number of hydrogen-bond donors (Lipinski definition) is 1. The number of amides is 1. The van der Waals surface area contributed by atoms with Gasteiger partial charge in [-0.05, 0) is 46.2 Å². The van der Waals surface area contributed by atoms with E-state index in [0.717, 1.165) is 6.42 Å². The van der Waals surface area contributed by atoms with E-state index < -0.39 is 5.25 Å². The van der Waals surface area contributed by atoms with Gasteiger partial charge in [-0.3, -0.25) is 14.2 Å². The first-order valence-electron chi connectivity index (χ1n) is 9.85. The number of rotatable bonds is 7. The lowest BCUT2D eigenvalue weighted by Gasteiger charge is -2.20. The summed E-state index contributed by atoms with van der Waals surface area (Å²) in [6.45, 7) is 9.85.